The van der Waals surface area contributed by atoms with Crippen LogP contribution in [0.4, 0.5) is 0 Å². The summed E-state index contributed by atoms with van der Waals surface area (Å²) >= 11 is 0. The van der Waals surface area contributed by atoms with Gasteiger partial charge in [0.2, 0.25) is 0 Å². The second-order valence-corrected chi connectivity index (χ2v) is 9.10. The molecule has 1 aromatic rings. The maximum atomic E-state index is 6.46. The Hall–Kier alpha value is -0.760. The highest BCUT2D eigenvalue weighted by Crippen LogP contribution is 2.46. The number of nitrogens with two attached hydrogens (primary N) is 1. The summed E-state index contributed by atoms with van der Waals surface area (Å²) in [5.41, 5.74) is 11.7. The first kappa shape index (κ1) is 15.1. The minimum atomic E-state index is 0.226. The first-order chi connectivity index (χ1) is 9.69. The molecule has 0 spiro atoms. The van der Waals surface area contributed by atoms with E-state index in [0.29, 0.717) is 16.9 Å². The largest absolute Gasteiger partial charge is 0.346 e. The fraction of sp³-hybridized carbons (Fsp3) is 0.789. The van der Waals surface area contributed by atoms with E-state index in [1.165, 1.54) is 43.4 Å². The molecule has 3 rings (SSSR count). The van der Waals surface area contributed by atoms with E-state index in [-0.39, 0.29) is 6.04 Å². The summed E-state index contributed by atoms with van der Waals surface area (Å²) < 4.78 is 2.66. The Kier molecular flexibility index (Phi) is 3.52. The molecule has 0 bridgehead atoms. The van der Waals surface area contributed by atoms with Crippen molar-refractivity contribution in [3.63, 3.8) is 0 Å². The molecule has 1 saturated carbocycles. The van der Waals surface area contributed by atoms with E-state index in [0.717, 1.165) is 6.42 Å². The van der Waals surface area contributed by atoms with Crippen LogP contribution in [0.25, 0.3) is 0 Å². The van der Waals surface area contributed by atoms with E-state index in [2.05, 4.69) is 45.3 Å². The van der Waals surface area contributed by atoms with Gasteiger partial charge in [-0.25, -0.2) is 0 Å². The minimum Gasteiger partial charge on any atom is -0.346 e. The monoisotopic (exact) mass is 288 g/mol. The molecule has 2 nitrogen and oxygen atoms in total. The van der Waals surface area contributed by atoms with Gasteiger partial charge >= 0.3 is 0 Å². The number of hydrogen-bond acceptors (Lipinski definition) is 1. The Morgan fingerprint density at radius 3 is 2.33 bits per heavy atom. The topological polar surface area (TPSA) is 30.9 Å². The van der Waals surface area contributed by atoms with E-state index < -0.39 is 0 Å². The third-order valence-electron chi connectivity index (χ3n) is 5.86. The highest BCUT2D eigenvalue weighted by Gasteiger charge is 2.36. The Balaban J connectivity index is 1.94. The maximum Gasteiger partial charge on any atom is 0.0336 e. The van der Waals surface area contributed by atoms with Crippen molar-refractivity contribution in [1.29, 1.82) is 0 Å². The molecule has 2 N–H and O–H groups in total. The van der Waals surface area contributed by atoms with Crippen LogP contribution < -0.4 is 5.73 Å². The molecule has 1 fully saturated rings. The molecule has 0 aromatic carbocycles. The van der Waals surface area contributed by atoms with Crippen molar-refractivity contribution in [3.8, 4) is 0 Å². The number of nitrogens with zero attached hydrogens (tertiary/aromatic N) is 1. The summed E-state index contributed by atoms with van der Waals surface area (Å²) in [6.45, 7) is 11.8. The van der Waals surface area contributed by atoms with E-state index in [1.54, 1.807) is 5.69 Å². The lowest BCUT2D eigenvalue weighted by molar-refractivity contribution is 0.186. The summed E-state index contributed by atoms with van der Waals surface area (Å²) in [5, 5.41) is 0. The highest BCUT2D eigenvalue weighted by atomic mass is 15.0. The van der Waals surface area contributed by atoms with Crippen LogP contribution in [0.3, 0.4) is 0 Å². The third kappa shape index (κ3) is 2.79. The van der Waals surface area contributed by atoms with Crippen LogP contribution in [0.1, 0.15) is 88.8 Å². The van der Waals surface area contributed by atoms with Crippen molar-refractivity contribution in [2.75, 3.05) is 0 Å². The Morgan fingerprint density at radius 1 is 1.10 bits per heavy atom. The molecule has 0 aliphatic heterocycles. The predicted octanol–water partition coefficient (Wildman–Crippen LogP) is 4.91. The number of rotatable bonds is 1. The molecule has 1 atom stereocenters. The molecule has 2 aliphatic rings. The average Bonchev–Trinajstić information content (AvgIpc) is 2.65. The van der Waals surface area contributed by atoms with Gasteiger partial charge in [-0.15, -0.1) is 0 Å². The van der Waals surface area contributed by atoms with E-state index in [1.807, 2.05) is 0 Å². The first-order valence-corrected chi connectivity index (χ1v) is 8.65. The molecule has 2 heteroatoms. The highest BCUT2D eigenvalue weighted by molar-refractivity contribution is 5.34. The lowest BCUT2D eigenvalue weighted by Crippen LogP contribution is -2.32. The van der Waals surface area contributed by atoms with E-state index >= 15 is 0 Å². The van der Waals surface area contributed by atoms with Gasteiger partial charge in [0.1, 0.15) is 0 Å². The molecule has 21 heavy (non-hydrogen) atoms. The molecular weight excluding hydrogens is 256 g/mol. The summed E-state index contributed by atoms with van der Waals surface area (Å²) in [7, 11) is 0. The minimum absolute atomic E-state index is 0.226. The third-order valence-corrected chi connectivity index (χ3v) is 5.86. The van der Waals surface area contributed by atoms with Crippen LogP contribution in [0.5, 0.6) is 0 Å². The van der Waals surface area contributed by atoms with Crippen molar-refractivity contribution in [1.82, 2.24) is 4.57 Å². The smallest absolute Gasteiger partial charge is 0.0336 e. The summed E-state index contributed by atoms with van der Waals surface area (Å²) in [5.74, 6) is 0. The first-order valence-electron chi connectivity index (χ1n) is 8.65. The van der Waals surface area contributed by atoms with Gasteiger partial charge in [0.25, 0.3) is 0 Å². The molecule has 1 aromatic heterocycles. The lowest BCUT2D eigenvalue weighted by atomic mass is 9.73. The molecule has 1 unspecified atom stereocenters. The van der Waals surface area contributed by atoms with Crippen molar-refractivity contribution in [2.24, 2.45) is 16.6 Å². The summed E-state index contributed by atoms with van der Waals surface area (Å²) in [6.07, 6.45) is 7.64. The average molecular weight is 288 g/mol. The van der Waals surface area contributed by atoms with Crippen molar-refractivity contribution in [2.45, 2.75) is 85.2 Å². The van der Waals surface area contributed by atoms with Crippen LogP contribution >= 0.6 is 0 Å². The van der Waals surface area contributed by atoms with Gasteiger partial charge in [0.15, 0.2) is 0 Å². The van der Waals surface area contributed by atoms with Crippen molar-refractivity contribution < 1.29 is 0 Å². The lowest BCUT2D eigenvalue weighted by Gasteiger charge is -2.39. The van der Waals surface area contributed by atoms with Crippen LogP contribution in [-0.2, 0) is 6.42 Å². The van der Waals surface area contributed by atoms with E-state index in [4.69, 9.17) is 5.73 Å². The summed E-state index contributed by atoms with van der Waals surface area (Å²) in [4.78, 5) is 0. The number of aromatic nitrogens is 1. The van der Waals surface area contributed by atoms with Gasteiger partial charge in [-0.2, -0.15) is 0 Å². The molecule has 1 heterocycles. The molecule has 0 radical (unpaired) electrons. The maximum absolute atomic E-state index is 6.46. The van der Waals surface area contributed by atoms with Gasteiger partial charge in [-0.3, -0.25) is 0 Å². The molecular formula is C19H32N2. The Labute approximate surface area is 130 Å². The van der Waals surface area contributed by atoms with Crippen LogP contribution in [0, 0.1) is 17.8 Å². The fourth-order valence-corrected chi connectivity index (χ4v) is 4.62. The normalized spacial score (nSPS) is 28.4. The standard InChI is InChI=1S/C19H32N2/c1-13-10-15-16(20)11-19(4,5)12-17(15)21(13)14-6-8-18(2,3)9-7-14/h10,14,16H,6-9,11-12,20H2,1-5H3. The van der Waals surface area contributed by atoms with E-state index in [9.17, 15) is 0 Å². The Morgan fingerprint density at radius 2 is 1.71 bits per heavy atom. The molecule has 0 amide bonds. The van der Waals surface area contributed by atoms with Gasteiger partial charge in [-0.05, 0) is 67.9 Å². The zero-order valence-electron chi connectivity index (χ0n) is 14.5. The fourth-order valence-electron chi connectivity index (χ4n) is 4.62. The van der Waals surface area contributed by atoms with Crippen LogP contribution in [0.15, 0.2) is 6.07 Å². The molecule has 2 aliphatic carbocycles. The molecule has 118 valence electrons. The zero-order valence-corrected chi connectivity index (χ0v) is 14.5. The Bertz CT molecular complexity index is 526. The zero-order chi connectivity index (χ0) is 15.4. The van der Waals surface area contributed by atoms with Gasteiger partial charge in [0, 0.05) is 23.5 Å². The van der Waals surface area contributed by atoms with Gasteiger partial charge in [-0.1, -0.05) is 27.7 Å². The summed E-state index contributed by atoms with van der Waals surface area (Å²) in [6, 6.07) is 3.29. The van der Waals surface area contributed by atoms with Crippen LogP contribution in [0.2, 0.25) is 0 Å². The number of fused-ring (bicyclic) bond motifs is 1. The quantitative estimate of drug-likeness (QED) is 0.782. The van der Waals surface area contributed by atoms with Crippen molar-refractivity contribution >= 4 is 0 Å². The second kappa shape index (κ2) is 4.87. The van der Waals surface area contributed by atoms with Crippen LogP contribution in [-0.4, -0.2) is 4.57 Å². The van der Waals surface area contributed by atoms with Gasteiger partial charge in [0.05, 0.1) is 0 Å². The second-order valence-electron chi connectivity index (χ2n) is 9.10. The number of aryl methyl sites for hydroxylation is 1. The number of hydrogen-bond donors (Lipinski definition) is 1. The predicted molar refractivity (Wildman–Crippen MR) is 89.5 cm³/mol. The van der Waals surface area contributed by atoms with Crippen molar-refractivity contribution in [3.05, 3.63) is 23.0 Å². The van der Waals surface area contributed by atoms with Gasteiger partial charge < -0.3 is 10.3 Å². The molecule has 0 saturated heterocycles. The SMILES string of the molecule is Cc1cc2c(n1C1CCC(C)(C)CC1)CC(C)(C)CC2N.